The van der Waals surface area contributed by atoms with Crippen LogP contribution in [0.1, 0.15) is 13.3 Å². The van der Waals surface area contributed by atoms with Crippen LogP contribution in [0.2, 0.25) is 5.02 Å². The summed E-state index contributed by atoms with van der Waals surface area (Å²) in [4.78, 5) is 18.7. The molecule has 0 N–H and O–H groups in total. The number of carbonyl (C=O) groups excluding carboxylic acids is 1. The summed E-state index contributed by atoms with van der Waals surface area (Å²) < 4.78 is 25.0. The number of thioether (sulfide) groups is 1. The van der Waals surface area contributed by atoms with Gasteiger partial charge in [-0.25, -0.2) is 13.4 Å². The fourth-order valence-corrected chi connectivity index (χ4v) is 6.91. The van der Waals surface area contributed by atoms with E-state index in [1.54, 1.807) is 18.0 Å². The number of rotatable bonds is 4. The number of nitrogens with zero attached hydrogens (tertiary/aromatic N) is 2. The van der Waals surface area contributed by atoms with Crippen molar-refractivity contribution < 1.29 is 13.2 Å². The third-order valence-electron chi connectivity index (χ3n) is 4.06. The van der Waals surface area contributed by atoms with Gasteiger partial charge in [0.1, 0.15) is 0 Å². The lowest BCUT2D eigenvalue weighted by Crippen LogP contribution is -2.41. The molecule has 2 heterocycles. The van der Waals surface area contributed by atoms with Crippen molar-refractivity contribution in [2.24, 2.45) is 0 Å². The van der Waals surface area contributed by atoms with Gasteiger partial charge in [0.05, 0.1) is 27.0 Å². The predicted octanol–water partition coefficient (Wildman–Crippen LogP) is 3.08. The molecular weight excluding hydrogens is 388 g/mol. The van der Waals surface area contributed by atoms with Crippen LogP contribution in [0.15, 0.2) is 22.5 Å². The van der Waals surface area contributed by atoms with Gasteiger partial charge in [-0.1, -0.05) is 23.4 Å². The Labute approximate surface area is 154 Å². The van der Waals surface area contributed by atoms with Gasteiger partial charge >= 0.3 is 0 Å². The number of carbonyl (C=O) groups is 1. The van der Waals surface area contributed by atoms with Gasteiger partial charge in [-0.15, -0.1) is 11.3 Å². The average Bonchev–Trinajstić information content (AvgIpc) is 3.07. The van der Waals surface area contributed by atoms with E-state index in [1.165, 1.54) is 23.1 Å². The van der Waals surface area contributed by atoms with Crippen molar-refractivity contribution >= 4 is 60.7 Å². The molecule has 2 aromatic rings. The average molecular weight is 405 g/mol. The van der Waals surface area contributed by atoms with Crippen LogP contribution in [0.3, 0.4) is 0 Å². The number of hydrogen-bond acceptors (Lipinski definition) is 6. The first-order valence-corrected chi connectivity index (χ1v) is 11.3. The lowest BCUT2D eigenvalue weighted by atomic mass is 10.2. The van der Waals surface area contributed by atoms with E-state index in [4.69, 9.17) is 11.6 Å². The topological polar surface area (TPSA) is 67.3 Å². The van der Waals surface area contributed by atoms with Crippen LogP contribution in [0.25, 0.3) is 10.2 Å². The molecular formula is C15H17ClN2O3S3. The van der Waals surface area contributed by atoms with E-state index in [1.807, 2.05) is 19.1 Å². The quantitative estimate of drug-likeness (QED) is 0.732. The number of thiazole rings is 1. The highest BCUT2D eigenvalue weighted by Gasteiger charge is 2.34. The summed E-state index contributed by atoms with van der Waals surface area (Å²) in [6.07, 6.45) is 0.515. The molecule has 1 amide bonds. The second-order valence-electron chi connectivity index (χ2n) is 5.86. The number of amides is 1. The van der Waals surface area contributed by atoms with Crippen molar-refractivity contribution in [3.63, 3.8) is 0 Å². The van der Waals surface area contributed by atoms with E-state index in [2.05, 4.69) is 4.98 Å². The molecule has 0 spiro atoms. The van der Waals surface area contributed by atoms with Crippen LogP contribution >= 0.6 is 34.7 Å². The third-order valence-corrected chi connectivity index (χ3v) is 8.26. The van der Waals surface area contributed by atoms with E-state index < -0.39 is 9.84 Å². The molecule has 5 nitrogen and oxygen atoms in total. The minimum atomic E-state index is -3.00. The molecule has 0 saturated carbocycles. The molecule has 1 aromatic heterocycles. The minimum absolute atomic E-state index is 0.0618. The molecule has 130 valence electrons. The Kier molecular flexibility index (Phi) is 5.11. The Hall–Kier alpha value is -0.830. The zero-order valence-electron chi connectivity index (χ0n) is 13.2. The van der Waals surface area contributed by atoms with Gasteiger partial charge in [0, 0.05) is 18.1 Å². The molecule has 24 heavy (non-hydrogen) atoms. The fraction of sp³-hybridized carbons (Fsp3) is 0.467. The normalized spacial score (nSPS) is 21.0. The summed E-state index contributed by atoms with van der Waals surface area (Å²) in [6.45, 7) is 1.83. The first-order valence-electron chi connectivity index (χ1n) is 7.45. The van der Waals surface area contributed by atoms with Gasteiger partial charge in [0.25, 0.3) is 0 Å². The lowest BCUT2D eigenvalue weighted by molar-refractivity contribution is -0.130. The van der Waals surface area contributed by atoms with Crippen molar-refractivity contribution in [3.05, 3.63) is 23.2 Å². The van der Waals surface area contributed by atoms with E-state index in [0.29, 0.717) is 11.4 Å². The SMILES string of the molecule is CC(Sc1nc2cc(Cl)ccc2s1)C(=O)N(C)C1CCS(=O)(=O)C1. The highest BCUT2D eigenvalue weighted by molar-refractivity contribution is 8.02. The number of sulfone groups is 1. The van der Waals surface area contributed by atoms with Gasteiger partial charge in [-0.05, 0) is 31.5 Å². The zero-order valence-corrected chi connectivity index (χ0v) is 16.4. The molecule has 1 aromatic carbocycles. The summed E-state index contributed by atoms with van der Waals surface area (Å²) in [7, 11) is -1.32. The molecule has 2 unspecified atom stereocenters. The maximum atomic E-state index is 12.6. The lowest BCUT2D eigenvalue weighted by Gasteiger charge is -2.25. The Bertz CT molecular complexity index is 881. The number of benzene rings is 1. The Morgan fingerprint density at radius 2 is 2.25 bits per heavy atom. The fourth-order valence-electron chi connectivity index (χ4n) is 2.68. The predicted molar refractivity (Wildman–Crippen MR) is 99.8 cm³/mol. The summed E-state index contributed by atoms with van der Waals surface area (Å²) in [6, 6.07) is 5.32. The standard InChI is InChI=1S/C15H17ClN2O3S3/c1-9(14(19)18(2)11-5-6-24(20,21)8-11)22-15-17-12-7-10(16)3-4-13(12)23-15/h3-4,7,9,11H,5-6,8H2,1-2H3. The Morgan fingerprint density at radius 1 is 1.50 bits per heavy atom. The Morgan fingerprint density at radius 3 is 2.92 bits per heavy atom. The van der Waals surface area contributed by atoms with Crippen LogP contribution in [0, 0.1) is 0 Å². The van der Waals surface area contributed by atoms with Crippen molar-refractivity contribution in [3.8, 4) is 0 Å². The van der Waals surface area contributed by atoms with Gasteiger partial charge in [0.2, 0.25) is 5.91 Å². The number of hydrogen-bond donors (Lipinski definition) is 0. The third kappa shape index (κ3) is 3.87. The van der Waals surface area contributed by atoms with Gasteiger partial charge in [0.15, 0.2) is 14.2 Å². The smallest absolute Gasteiger partial charge is 0.235 e. The van der Waals surface area contributed by atoms with Crippen molar-refractivity contribution in [2.45, 2.75) is 29.0 Å². The van der Waals surface area contributed by atoms with Crippen molar-refractivity contribution in [1.29, 1.82) is 0 Å². The van der Waals surface area contributed by atoms with Crippen LogP contribution < -0.4 is 0 Å². The van der Waals surface area contributed by atoms with Crippen molar-refractivity contribution in [1.82, 2.24) is 9.88 Å². The molecule has 2 atom stereocenters. The molecule has 3 rings (SSSR count). The summed E-state index contributed by atoms with van der Waals surface area (Å²) in [5, 5.41) is 0.310. The first kappa shape index (κ1) is 18.0. The zero-order chi connectivity index (χ0) is 17.5. The first-order chi connectivity index (χ1) is 11.2. The van der Waals surface area contributed by atoms with E-state index in [0.717, 1.165) is 14.6 Å². The van der Waals surface area contributed by atoms with Gasteiger partial charge in [-0.2, -0.15) is 0 Å². The van der Waals surface area contributed by atoms with E-state index >= 15 is 0 Å². The molecule has 0 aliphatic carbocycles. The monoisotopic (exact) mass is 404 g/mol. The number of fused-ring (bicyclic) bond motifs is 1. The van der Waals surface area contributed by atoms with E-state index in [9.17, 15) is 13.2 Å². The van der Waals surface area contributed by atoms with Crippen LogP contribution in [-0.4, -0.2) is 54.1 Å². The second kappa shape index (κ2) is 6.82. The van der Waals surface area contributed by atoms with Crippen LogP contribution in [0.4, 0.5) is 0 Å². The van der Waals surface area contributed by atoms with Crippen LogP contribution in [-0.2, 0) is 14.6 Å². The molecule has 1 aliphatic heterocycles. The molecule has 1 aliphatic rings. The van der Waals surface area contributed by atoms with E-state index in [-0.39, 0.29) is 28.7 Å². The van der Waals surface area contributed by atoms with Gasteiger partial charge in [-0.3, -0.25) is 4.79 Å². The summed E-state index contributed by atoms with van der Waals surface area (Å²) in [5.41, 5.74) is 0.824. The second-order valence-corrected chi connectivity index (χ2v) is 11.1. The molecule has 0 radical (unpaired) electrons. The minimum Gasteiger partial charge on any atom is -0.341 e. The Balaban J connectivity index is 1.68. The molecule has 0 bridgehead atoms. The maximum Gasteiger partial charge on any atom is 0.235 e. The maximum absolute atomic E-state index is 12.6. The summed E-state index contributed by atoms with van der Waals surface area (Å²) >= 11 is 8.89. The summed E-state index contributed by atoms with van der Waals surface area (Å²) in [5.74, 6) is 0.154. The van der Waals surface area contributed by atoms with Gasteiger partial charge < -0.3 is 4.90 Å². The van der Waals surface area contributed by atoms with Crippen molar-refractivity contribution in [2.75, 3.05) is 18.6 Å². The highest BCUT2D eigenvalue weighted by Crippen LogP contribution is 2.34. The highest BCUT2D eigenvalue weighted by atomic mass is 35.5. The largest absolute Gasteiger partial charge is 0.341 e. The van der Waals surface area contributed by atoms with Crippen LogP contribution in [0.5, 0.6) is 0 Å². The molecule has 9 heteroatoms. The number of aromatic nitrogens is 1. The number of halogens is 1. The molecule has 1 saturated heterocycles. The molecule has 1 fully saturated rings.